The predicted octanol–water partition coefficient (Wildman–Crippen LogP) is 5.43. The number of benzene rings is 2. The molecule has 0 saturated carbocycles. The van der Waals surface area contributed by atoms with Gasteiger partial charge in [0.25, 0.3) is 0 Å². The average molecular weight is 338 g/mol. The van der Waals surface area contributed by atoms with Gasteiger partial charge >= 0.3 is 0 Å². The monoisotopic (exact) mass is 336 g/mol. The zero-order valence-corrected chi connectivity index (χ0v) is 13.4. The van der Waals surface area contributed by atoms with Gasteiger partial charge in [0, 0.05) is 10.9 Å². The van der Waals surface area contributed by atoms with E-state index in [0.717, 1.165) is 22.2 Å². The minimum atomic E-state index is -1.65. The van der Waals surface area contributed by atoms with Crippen molar-refractivity contribution in [1.29, 1.82) is 0 Å². The van der Waals surface area contributed by atoms with Crippen LogP contribution < -0.4 is 0 Å². The van der Waals surface area contributed by atoms with Gasteiger partial charge < -0.3 is 0 Å². The summed E-state index contributed by atoms with van der Waals surface area (Å²) in [4.78, 5) is 8.81. The van der Waals surface area contributed by atoms with Crippen LogP contribution in [0.15, 0.2) is 48.5 Å². The van der Waals surface area contributed by atoms with Gasteiger partial charge in [-0.2, -0.15) is 0 Å². The Morgan fingerprint density at radius 3 is 2.19 bits per heavy atom. The van der Waals surface area contributed by atoms with Crippen molar-refractivity contribution in [1.82, 2.24) is 9.97 Å². The van der Waals surface area contributed by atoms with E-state index in [1.165, 1.54) is 5.56 Å². The van der Waals surface area contributed by atoms with Crippen molar-refractivity contribution in [2.24, 2.45) is 0 Å². The van der Waals surface area contributed by atoms with E-state index in [-0.39, 0.29) is 5.82 Å². The normalized spacial score (nSPS) is 11.8. The first-order valence-corrected chi connectivity index (χ1v) is 7.49. The zero-order chi connectivity index (χ0) is 15.0. The molecule has 5 heteroatoms. The van der Waals surface area contributed by atoms with Crippen LogP contribution in [0, 0.1) is 6.92 Å². The maximum absolute atomic E-state index is 5.95. The van der Waals surface area contributed by atoms with Gasteiger partial charge in [0.2, 0.25) is 3.79 Å². The molecule has 0 radical (unpaired) electrons. The van der Waals surface area contributed by atoms with E-state index in [0.29, 0.717) is 0 Å². The molecule has 106 valence electrons. The molecule has 0 unspecified atom stereocenters. The van der Waals surface area contributed by atoms with Crippen molar-refractivity contribution in [3.8, 4) is 11.3 Å². The Hall–Kier alpha value is -1.35. The topological polar surface area (TPSA) is 25.8 Å². The van der Waals surface area contributed by atoms with Crippen molar-refractivity contribution < 1.29 is 0 Å². The molecule has 3 aromatic rings. The van der Waals surface area contributed by atoms with Gasteiger partial charge in [-0.15, -0.1) is 0 Å². The molecule has 2 nitrogen and oxygen atoms in total. The van der Waals surface area contributed by atoms with Crippen LogP contribution in [0.3, 0.4) is 0 Å². The molecule has 3 rings (SSSR count). The van der Waals surface area contributed by atoms with Crippen LogP contribution >= 0.6 is 34.8 Å². The summed E-state index contributed by atoms with van der Waals surface area (Å²) >= 11 is 17.8. The van der Waals surface area contributed by atoms with E-state index < -0.39 is 3.79 Å². The third kappa shape index (κ3) is 2.98. The zero-order valence-electron chi connectivity index (χ0n) is 11.1. The van der Waals surface area contributed by atoms with Crippen LogP contribution in [0.1, 0.15) is 11.4 Å². The average Bonchev–Trinajstić information content (AvgIpc) is 2.46. The third-order valence-electron chi connectivity index (χ3n) is 3.18. The van der Waals surface area contributed by atoms with E-state index in [1.54, 1.807) is 0 Å². The number of hydrogen-bond donors (Lipinski definition) is 0. The highest BCUT2D eigenvalue weighted by atomic mass is 35.6. The molecule has 0 atom stereocenters. The van der Waals surface area contributed by atoms with Crippen LogP contribution in [-0.4, -0.2) is 9.97 Å². The molecule has 0 aliphatic heterocycles. The minimum absolute atomic E-state index is 0.182. The molecule has 21 heavy (non-hydrogen) atoms. The summed E-state index contributed by atoms with van der Waals surface area (Å²) in [6.07, 6.45) is 0. The van der Waals surface area contributed by atoms with Crippen LogP contribution in [0.25, 0.3) is 22.2 Å². The molecule has 0 aliphatic rings. The van der Waals surface area contributed by atoms with Crippen molar-refractivity contribution in [2.75, 3.05) is 0 Å². The Balaban J connectivity index is 2.31. The number of fused-ring (bicyclic) bond motifs is 1. The first-order valence-electron chi connectivity index (χ1n) is 6.36. The number of nitrogens with zero attached hydrogens (tertiary/aromatic N) is 2. The summed E-state index contributed by atoms with van der Waals surface area (Å²) < 4.78 is -1.65. The van der Waals surface area contributed by atoms with Crippen molar-refractivity contribution >= 4 is 45.7 Å². The number of hydrogen-bond acceptors (Lipinski definition) is 2. The van der Waals surface area contributed by atoms with Crippen LogP contribution in [0.5, 0.6) is 0 Å². The Morgan fingerprint density at radius 2 is 1.52 bits per heavy atom. The largest absolute Gasteiger partial charge is 0.250 e. The first-order chi connectivity index (χ1) is 9.95. The summed E-state index contributed by atoms with van der Waals surface area (Å²) in [5, 5.41) is 0.930. The molecule has 0 fully saturated rings. The number of aryl methyl sites for hydroxylation is 1. The van der Waals surface area contributed by atoms with Gasteiger partial charge in [0.05, 0.1) is 11.2 Å². The Kier molecular flexibility index (Phi) is 3.78. The lowest BCUT2D eigenvalue weighted by molar-refractivity contribution is 0.999. The summed E-state index contributed by atoms with van der Waals surface area (Å²) in [7, 11) is 0. The summed E-state index contributed by atoms with van der Waals surface area (Å²) in [6, 6.07) is 15.8. The number of halogens is 3. The van der Waals surface area contributed by atoms with Crippen molar-refractivity contribution in [2.45, 2.75) is 10.7 Å². The highest BCUT2D eigenvalue weighted by Crippen LogP contribution is 2.38. The lowest BCUT2D eigenvalue weighted by Gasteiger charge is -2.13. The molecular formula is C16H11Cl3N2. The smallest absolute Gasteiger partial charge is 0.228 e. The highest BCUT2D eigenvalue weighted by molar-refractivity contribution is 6.66. The van der Waals surface area contributed by atoms with Gasteiger partial charge in [-0.05, 0) is 13.0 Å². The Morgan fingerprint density at radius 1 is 0.857 bits per heavy atom. The standard InChI is InChI=1S/C16H11Cl3N2/c1-10-6-8-11(9-7-10)14-12-4-2-3-5-13(12)20-15(21-14)16(17,18)19/h2-9H,1H3. The minimum Gasteiger partial charge on any atom is -0.228 e. The highest BCUT2D eigenvalue weighted by Gasteiger charge is 2.28. The molecule has 0 bridgehead atoms. The van der Waals surface area contributed by atoms with E-state index >= 15 is 0 Å². The number of para-hydroxylation sites is 1. The van der Waals surface area contributed by atoms with Gasteiger partial charge in [-0.25, -0.2) is 9.97 Å². The van der Waals surface area contributed by atoms with Gasteiger partial charge in [-0.3, -0.25) is 0 Å². The second-order valence-electron chi connectivity index (χ2n) is 4.78. The quantitative estimate of drug-likeness (QED) is 0.553. The second-order valence-corrected chi connectivity index (χ2v) is 7.06. The number of rotatable bonds is 1. The SMILES string of the molecule is Cc1ccc(-c2nc(C(Cl)(Cl)Cl)nc3ccccc23)cc1. The summed E-state index contributed by atoms with van der Waals surface area (Å²) in [5.74, 6) is 0.182. The van der Waals surface area contributed by atoms with E-state index in [1.807, 2.05) is 55.5 Å². The third-order valence-corrected chi connectivity index (χ3v) is 3.69. The van der Waals surface area contributed by atoms with E-state index in [9.17, 15) is 0 Å². The lowest BCUT2D eigenvalue weighted by atomic mass is 10.1. The number of aromatic nitrogens is 2. The second kappa shape index (κ2) is 5.45. The summed E-state index contributed by atoms with van der Waals surface area (Å²) in [6.45, 7) is 2.04. The van der Waals surface area contributed by atoms with E-state index in [4.69, 9.17) is 34.8 Å². The van der Waals surface area contributed by atoms with Crippen LogP contribution in [0.4, 0.5) is 0 Å². The van der Waals surface area contributed by atoms with Crippen LogP contribution in [0.2, 0.25) is 0 Å². The summed E-state index contributed by atoms with van der Waals surface area (Å²) in [5.41, 5.74) is 3.67. The predicted molar refractivity (Wildman–Crippen MR) is 88.9 cm³/mol. The fraction of sp³-hybridized carbons (Fsp3) is 0.125. The molecular weight excluding hydrogens is 327 g/mol. The lowest BCUT2D eigenvalue weighted by Crippen LogP contribution is -2.08. The van der Waals surface area contributed by atoms with Crippen molar-refractivity contribution in [3.63, 3.8) is 0 Å². The Labute approximate surface area is 137 Å². The molecule has 0 amide bonds. The molecule has 1 heterocycles. The fourth-order valence-corrected chi connectivity index (χ4v) is 2.39. The van der Waals surface area contributed by atoms with Gasteiger partial charge in [0.15, 0.2) is 5.82 Å². The molecule has 2 aromatic carbocycles. The molecule has 0 aliphatic carbocycles. The van der Waals surface area contributed by atoms with Crippen molar-refractivity contribution in [3.05, 3.63) is 59.9 Å². The molecule has 1 aromatic heterocycles. The van der Waals surface area contributed by atoms with E-state index in [2.05, 4.69) is 9.97 Å². The van der Waals surface area contributed by atoms with Crippen LogP contribution in [-0.2, 0) is 3.79 Å². The molecule has 0 saturated heterocycles. The maximum atomic E-state index is 5.95. The Bertz CT molecular complexity index is 793. The number of alkyl halides is 3. The molecule has 0 N–H and O–H groups in total. The molecule has 0 spiro atoms. The fourth-order valence-electron chi connectivity index (χ4n) is 2.13. The van der Waals surface area contributed by atoms with Gasteiger partial charge in [0.1, 0.15) is 0 Å². The first kappa shape index (κ1) is 14.6. The van der Waals surface area contributed by atoms with Gasteiger partial charge in [-0.1, -0.05) is 82.8 Å². The maximum Gasteiger partial charge on any atom is 0.250 e.